The van der Waals surface area contributed by atoms with Crippen molar-refractivity contribution < 1.29 is 17.9 Å². The van der Waals surface area contributed by atoms with Gasteiger partial charge < -0.3 is 10.1 Å². The Bertz CT molecular complexity index is 600. The Hall–Kier alpha value is -1.24. The summed E-state index contributed by atoms with van der Waals surface area (Å²) in [6.07, 6.45) is -4.69. The van der Waals surface area contributed by atoms with Gasteiger partial charge in [-0.1, -0.05) is 29.8 Å². The fraction of sp³-hybridized carbons (Fsp3) is 0.286. The van der Waals surface area contributed by atoms with Crippen molar-refractivity contribution in [1.82, 2.24) is 5.32 Å². The zero-order chi connectivity index (χ0) is 15.5. The average molecular weight is 336 g/mol. The quantitative estimate of drug-likeness (QED) is 0.815. The smallest absolute Gasteiger partial charge is 0.405 e. The molecule has 1 heterocycles. The first kappa shape index (κ1) is 16.1. The highest BCUT2D eigenvalue weighted by atomic mass is 35.5. The van der Waals surface area contributed by atoms with Crippen LogP contribution in [0, 0.1) is 0 Å². The van der Waals surface area contributed by atoms with Crippen molar-refractivity contribution in [3.63, 3.8) is 0 Å². The molecule has 1 N–H and O–H groups in total. The number of thiophene rings is 1. The molecule has 0 amide bonds. The van der Waals surface area contributed by atoms with E-state index < -0.39 is 6.36 Å². The van der Waals surface area contributed by atoms with Crippen molar-refractivity contribution in [3.8, 4) is 5.75 Å². The predicted molar refractivity (Wildman–Crippen MR) is 77.7 cm³/mol. The van der Waals surface area contributed by atoms with Gasteiger partial charge in [-0.15, -0.1) is 24.5 Å². The van der Waals surface area contributed by atoms with Gasteiger partial charge in [0.25, 0.3) is 0 Å². The number of nitrogens with one attached hydrogen (secondary N) is 1. The van der Waals surface area contributed by atoms with E-state index in [1.54, 1.807) is 18.2 Å². The second-order valence-electron chi connectivity index (χ2n) is 4.40. The van der Waals surface area contributed by atoms with E-state index in [4.69, 9.17) is 11.6 Å². The lowest BCUT2D eigenvalue weighted by Gasteiger charge is -2.16. The van der Waals surface area contributed by atoms with Gasteiger partial charge in [0.15, 0.2) is 0 Å². The summed E-state index contributed by atoms with van der Waals surface area (Å²) in [5.74, 6) is -0.186. The van der Waals surface area contributed by atoms with Crippen LogP contribution in [0.5, 0.6) is 5.75 Å². The SMILES string of the molecule is CC(NCc1ccccc1OC(F)(F)F)c1ccc(Cl)s1. The minimum absolute atomic E-state index is 0.0126. The van der Waals surface area contributed by atoms with Crippen LogP contribution < -0.4 is 10.1 Å². The molecule has 2 rings (SSSR count). The Kier molecular flexibility index (Phi) is 5.13. The van der Waals surface area contributed by atoms with E-state index in [0.29, 0.717) is 9.90 Å². The normalized spacial score (nSPS) is 13.2. The van der Waals surface area contributed by atoms with E-state index >= 15 is 0 Å². The van der Waals surface area contributed by atoms with Gasteiger partial charge in [0, 0.05) is 23.0 Å². The molecule has 0 bridgehead atoms. The molecule has 1 unspecified atom stereocenters. The lowest BCUT2D eigenvalue weighted by atomic mass is 10.2. The molecular formula is C14H13ClF3NOS. The largest absolute Gasteiger partial charge is 0.573 e. The molecule has 1 aromatic heterocycles. The molecule has 114 valence electrons. The van der Waals surface area contributed by atoms with Gasteiger partial charge in [-0.2, -0.15) is 0 Å². The van der Waals surface area contributed by atoms with E-state index in [0.717, 1.165) is 4.88 Å². The molecule has 0 aliphatic heterocycles. The lowest BCUT2D eigenvalue weighted by molar-refractivity contribution is -0.274. The minimum Gasteiger partial charge on any atom is -0.405 e. The van der Waals surface area contributed by atoms with Crippen LogP contribution in [0.4, 0.5) is 13.2 Å². The summed E-state index contributed by atoms with van der Waals surface area (Å²) in [5, 5.41) is 3.16. The number of hydrogen-bond donors (Lipinski definition) is 1. The number of rotatable bonds is 5. The molecule has 2 nitrogen and oxygen atoms in total. The van der Waals surface area contributed by atoms with Gasteiger partial charge in [0.1, 0.15) is 5.75 Å². The summed E-state index contributed by atoms with van der Waals surface area (Å²) in [5.41, 5.74) is 0.448. The third-order valence-corrected chi connectivity index (χ3v) is 4.23. The molecule has 21 heavy (non-hydrogen) atoms. The zero-order valence-electron chi connectivity index (χ0n) is 11.1. The van der Waals surface area contributed by atoms with Crippen LogP contribution in [0.15, 0.2) is 36.4 Å². The Labute approximate surface area is 129 Å². The Morgan fingerprint density at radius 1 is 1.24 bits per heavy atom. The van der Waals surface area contributed by atoms with Crippen molar-refractivity contribution in [3.05, 3.63) is 51.2 Å². The predicted octanol–water partition coefficient (Wildman–Crippen LogP) is 5.15. The van der Waals surface area contributed by atoms with Crippen LogP contribution in [0.1, 0.15) is 23.4 Å². The first-order valence-corrected chi connectivity index (χ1v) is 7.37. The molecule has 0 radical (unpaired) electrons. The number of halogens is 4. The molecule has 0 spiro atoms. The second-order valence-corrected chi connectivity index (χ2v) is 6.15. The molecule has 0 fully saturated rings. The molecule has 0 aliphatic carbocycles. The number of ether oxygens (including phenoxy) is 1. The first-order valence-electron chi connectivity index (χ1n) is 6.17. The molecule has 0 aliphatic rings. The highest BCUT2D eigenvalue weighted by molar-refractivity contribution is 7.16. The summed E-state index contributed by atoms with van der Waals surface area (Å²) >= 11 is 7.30. The topological polar surface area (TPSA) is 21.3 Å². The molecule has 1 aromatic carbocycles. The summed E-state index contributed by atoms with van der Waals surface area (Å²) in [6, 6.07) is 9.75. The van der Waals surface area contributed by atoms with Crippen molar-refractivity contribution in [2.24, 2.45) is 0 Å². The Morgan fingerprint density at radius 2 is 1.95 bits per heavy atom. The Morgan fingerprint density at radius 3 is 2.57 bits per heavy atom. The highest BCUT2D eigenvalue weighted by Crippen LogP contribution is 2.29. The monoisotopic (exact) mass is 335 g/mol. The van der Waals surface area contributed by atoms with Crippen molar-refractivity contribution >= 4 is 22.9 Å². The van der Waals surface area contributed by atoms with Crippen LogP contribution in [0.25, 0.3) is 0 Å². The van der Waals surface area contributed by atoms with E-state index in [1.807, 2.05) is 13.0 Å². The molecule has 1 atom stereocenters. The maximum absolute atomic E-state index is 12.3. The summed E-state index contributed by atoms with van der Waals surface area (Å²) < 4.78 is 41.7. The highest BCUT2D eigenvalue weighted by Gasteiger charge is 2.31. The van der Waals surface area contributed by atoms with Crippen LogP contribution in [0.2, 0.25) is 4.34 Å². The van der Waals surface area contributed by atoms with Gasteiger partial charge in [-0.25, -0.2) is 0 Å². The third-order valence-electron chi connectivity index (χ3n) is 2.82. The summed E-state index contributed by atoms with van der Waals surface area (Å²) in [7, 11) is 0. The standard InChI is InChI=1S/C14H13ClF3NOS/c1-9(12-6-7-13(15)21-12)19-8-10-4-2-3-5-11(10)20-14(16,17)18/h2-7,9,19H,8H2,1H3. The first-order chi connectivity index (χ1) is 9.85. The van der Waals surface area contributed by atoms with Gasteiger partial charge in [0.2, 0.25) is 0 Å². The maximum atomic E-state index is 12.3. The van der Waals surface area contributed by atoms with Gasteiger partial charge >= 0.3 is 6.36 Å². The van der Waals surface area contributed by atoms with Crippen molar-refractivity contribution in [2.45, 2.75) is 25.9 Å². The Balaban J connectivity index is 2.03. The fourth-order valence-corrected chi connectivity index (χ4v) is 2.89. The molecule has 7 heteroatoms. The molecular weight excluding hydrogens is 323 g/mol. The van der Waals surface area contributed by atoms with Gasteiger partial charge in [-0.3, -0.25) is 0 Å². The average Bonchev–Trinajstić information content (AvgIpc) is 2.82. The van der Waals surface area contributed by atoms with E-state index in [9.17, 15) is 13.2 Å². The summed E-state index contributed by atoms with van der Waals surface area (Å²) in [6.45, 7) is 2.19. The van der Waals surface area contributed by atoms with Crippen LogP contribution in [-0.4, -0.2) is 6.36 Å². The minimum atomic E-state index is -4.69. The fourth-order valence-electron chi connectivity index (χ4n) is 1.80. The van der Waals surface area contributed by atoms with Gasteiger partial charge in [0.05, 0.1) is 4.34 Å². The van der Waals surface area contributed by atoms with Gasteiger partial charge in [-0.05, 0) is 25.1 Å². The molecule has 2 aromatic rings. The van der Waals surface area contributed by atoms with Crippen LogP contribution >= 0.6 is 22.9 Å². The second kappa shape index (κ2) is 6.68. The van der Waals surface area contributed by atoms with E-state index in [1.165, 1.54) is 23.5 Å². The molecule has 0 saturated carbocycles. The lowest BCUT2D eigenvalue weighted by Crippen LogP contribution is -2.21. The number of benzene rings is 1. The van der Waals surface area contributed by atoms with Crippen LogP contribution in [-0.2, 0) is 6.54 Å². The molecule has 0 saturated heterocycles. The van der Waals surface area contributed by atoms with Crippen molar-refractivity contribution in [2.75, 3.05) is 0 Å². The maximum Gasteiger partial charge on any atom is 0.573 e. The third kappa shape index (κ3) is 4.91. The number of para-hydroxylation sites is 1. The summed E-state index contributed by atoms with van der Waals surface area (Å²) in [4.78, 5) is 1.02. The van der Waals surface area contributed by atoms with Crippen molar-refractivity contribution in [1.29, 1.82) is 0 Å². The van der Waals surface area contributed by atoms with E-state index in [2.05, 4.69) is 10.1 Å². The van der Waals surface area contributed by atoms with E-state index in [-0.39, 0.29) is 18.3 Å². The zero-order valence-corrected chi connectivity index (χ0v) is 12.6. The number of alkyl halides is 3. The van der Waals surface area contributed by atoms with Crippen LogP contribution in [0.3, 0.4) is 0 Å². The number of hydrogen-bond acceptors (Lipinski definition) is 3.